The molecule has 3 nitrogen and oxygen atoms in total. The van der Waals surface area contributed by atoms with Crippen molar-refractivity contribution in [3.63, 3.8) is 0 Å². The number of hydrogen-bond donors (Lipinski definition) is 1. The zero-order chi connectivity index (χ0) is 14.7. The minimum Gasteiger partial charge on any atom is -0.312 e. The van der Waals surface area contributed by atoms with Crippen LogP contribution in [0.25, 0.3) is 0 Å². The third-order valence-corrected chi connectivity index (χ3v) is 4.80. The van der Waals surface area contributed by atoms with Gasteiger partial charge >= 0.3 is 0 Å². The molecule has 0 unspecified atom stereocenters. The fourth-order valence-electron chi connectivity index (χ4n) is 2.61. The third kappa shape index (κ3) is 3.44. The maximum absolute atomic E-state index is 4.78. The first-order valence-corrected chi connectivity index (χ1v) is 8.52. The molecule has 110 valence electrons. The van der Waals surface area contributed by atoms with Crippen LogP contribution in [0, 0.1) is 6.92 Å². The Morgan fingerprint density at radius 1 is 1.19 bits per heavy atom. The first-order valence-electron chi connectivity index (χ1n) is 7.54. The molecular formula is C17H21N3S. The number of nitrogens with one attached hydrogen (secondary N) is 1. The zero-order valence-corrected chi connectivity index (χ0v) is 13.5. The lowest BCUT2D eigenvalue weighted by Gasteiger charge is -2.19. The second-order valence-electron chi connectivity index (χ2n) is 5.39. The van der Waals surface area contributed by atoms with Crippen LogP contribution >= 0.6 is 11.8 Å². The van der Waals surface area contributed by atoms with Gasteiger partial charge in [0.25, 0.3) is 0 Å². The Morgan fingerprint density at radius 2 is 2.00 bits per heavy atom. The molecule has 1 aliphatic heterocycles. The van der Waals surface area contributed by atoms with E-state index in [1.165, 1.54) is 27.4 Å². The van der Waals surface area contributed by atoms with Gasteiger partial charge < -0.3 is 5.32 Å². The van der Waals surface area contributed by atoms with Gasteiger partial charge in [-0.05, 0) is 25.5 Å². The number of benzene rings is 1. The summed E-state index contributed by atoms with van der Waals surface area (Å²) in [6.07, 6.45) is 2.00. The van der Waals surface area contributed by atoms with Crippen molar-refractivity contribution in [1.82, 2.24) is 15.3 Å². The molecule has 2 aromatic rings. The monoisotopic (exact) mass is 299 g/mol. The normalized spacial score (nSPS) is 14.0. The highest BCUT2D eigenvalue weighted by Crippen LogP contribution is 2.23. The molecule has 0 amide bonds. The Balaban J connectivity index is 1.77. The maximum atomic E-state index is 4.78. The minimum atomic E-state index is 0.844. The topological polar surface area (TPSA) is 37.8 Å². The highest BCUT2D eigenvalue weighted by atomic mass is 32.2. The van der Waals surface area contributed by atoms with Gasteiger partial charge in [-0.2, -0.15) is 0 Å². The number of aromatic nitrogens is 2. The molecule has 1 aromatic carbocycles. The van der Waals surface area contributed by atoms with Crippen LogP contribution in [0.1, 0.15) is 35.3 Å². The lowest BCUT2D eigenvalue weighted by atomic mass is 10.0. The van der Waals surface area contributed by atoms with Crippen molar-refractivity contribution in [3.8, 4) is 0 Å². The second-order valence-corrected chi connectivity index (χ2v) is 6.44. The van der Waals surface area contributed by atoms with Crippen molar-refractivity contribution in [2.45, 2.75) is 43.9 Å². The molecule has 0 spiro atoms. The van der Waals surface area contributed by atoms with Crippen molar-refractivity contribution < 1.29 is 0 Å². The zero-order valence-electron chi connectivity index (χ0n) is 12.6. The number of fused-ring (bicyclic) bond motifs is 1. The van der Waals surface area contributed by atoms with E-state index in [1.54, 1.807) is 0 Å². The summed E-state index contributed by atoms with van der Waals surface area (Å²) in [6.45, 7) is 6.23. The Hall–Kier alpha value is -1.39. The molecule has 4 heteroatoms. The lowest BCUT2D eigenvalue weighted by Crippen LogP contribution is -2.27. The molecule has 0 fully saturated rings. The maximum Gasteiger partial charge on any atom is 0.139 e. The van der Waals surface area contributed by atoms with Crippen molar-refractivity contribution >= 4 is 11.8 Å². The quantitative estimate of drug-likeness (QED) is 0.879. The van der Waals surface area contributed by atoms with Gasteiger partial charge in [-0.1, -0.05) is 24.6 Å². The second kappa shape index (κ2) is 6.58. The fraction of sp³-hybridized carbons (Fsp3) is 0.412. The van der Waals surface area contributed by atoms with E-state index in [0.29, 0.717) is 0 Å². The predicted octanol–water partition coefficient (Wildman–Crippen LogP) is 3.29. The Labute approximate surface area is 130 Å². The standard InChI is InChI=1S/C17H21N3S/c1-3-15-14-10-18-9-8-16(14)20-17(19-15)11-21-13-6-4-12(2)5-7-13/h4-7,18H,3,8-11H2,1-2H3. The molecule has 0 saturated carbocycles. The molecule has 0 aliphatic carbocycles. The van der Waals surface area contributed by atoms with Gasteiger partial charge in [0.2, 0.25) is 0 Å². The summed E-state index contributed by atoms with van der Waals surface area (Å²) < 4.78 is 0. The fourth-order valence-corrected chi connectivity index (χ4v) is 3.36. The molecule has 3 rings (SSSR count). The highest BCUT2D eigenvalue weighted by molar-refractivity contribution is 7.98. The summed E-state index contributed by atoms with van der Waals surface area (Å²) in [6, 6.07) is 8.64. The predicted molar refractivity (Wildman–Crippen MR) is 87.6 cm³/mol. The van der Waals surface area contributed by atoms with Gasteiger partial charge in [-0.3, -0.25) is 0 Å². The van der Waals surface area contributed by atoms with Crippen molar-refractivity contribution in [2.24, 2.45) is 0 Å². The summed E-state index contributed by atoms with van der Waals surface area (Å²) >= 11 is 1.81. The SMILES string of the molecule is CCc1nc(CSc2ccc(C)cc2)nc2c1CNCC2. The van der Waals surface area contributed by atoms with E-state index in [0.717, 1.165) is 37.5 Å². The van der Waals surface area contributed by atoms with Gasteiger partial charge in [0.05, 0.1) is 11.4 Å². The van der Waals surface area contributed by atoms with Gasteiger partial charge in [-0.15, -0.1) is 11.8 Å². The van der Waals surface area contributed by atoms with Gasteiger partial charge in [-0.25, -0.2) is 9.97 Å². The van der Waals surface area contributed by atoms with E-state index < -0.39 is 0 Å². The first-order chi connectivity index (χ1) is 10.3. The number of aryl methyl sites for hydroxylation is 2. The first kappa shape index (κ1) is 14.5. The van der Waals surface area contributed by atoms with Crippen LogP contribution in [0.5, 0.6) is 0 Å². The van der Waals surface area contributed by atoms with Crippen LogP contribution in [0.2, 0.25) is 0 Å². The molecular weight excluding hydrogens is 278 g/mol. The Kier molecular flexibility index (Phi) is 4.56. The summed E-state index contributed by atoms with van der Waals surface area (Å²) in [5, 5.41) is 3.41. The summed E-state index contributed by atoms with van der Waals surface area (Å²) in [5.41, 5.74) is 5.09. The van der Waals surface area contributed by atoms with Crippen LogP contribution in [0.15, 0.2) is 29.2 Å². The molecule has 0 saturated heterocycles. The summed E-state index contributed by atoms with van der Waals surface area (Å²) in [7, 11) is 0. The van der Waals surface area contributed by atoms with Crippen molar-refractivity contribution in [2.75, 3.05) is 6.54 Å². The van der Waals surface area contributed by atoms with Crippen LogP contribution in [-0.2, 0) is 25.1 Å². The van der Waals surface area contributed by atoms with Crippen molar-refractivity contribution in [3.05, 3.63) is 52.6 Å². The number of thioether (sulfide) groups is 1. The smallest absolute Gasteiger partial charge is 0.139 e. The molecule has 1 aromatic heterocycles. The van der Waals surface area contributed by atoms with Crippen LogP contribution < -0.4 is 5.32 Å². The number of hydrogen-bond acceptors (Lipinski definition) is 4. The average Bonchev–Trinajstić information content (AvgIpc) is 2.53. The number of rotatable bonds is 4. The van der Waals surface area contributed by atoms with E-state index in [2.05, 4.69) is 43.4 Å². The van der Waals surface area contributed by atoms with E-state index in [9.17, 15) is 0 Å². The molecule has 0 bridgehead atoms. The van der Waals surface area contributed by atoms with Crippen LogP contribution in [-0.4, -0.2) is 16.5 Å². The van der Waals surface area contributed by atoms with E-state index in [4.69, 9.17) is 9.97 Å². The molecule has 1 N–H and O–H groups in total. The van der Waals surface area contributed by atoms with Crippen molar-refractivity contribution in [1.29, 1.82) is 0 Å². The van der Waals surface area contributed by atoms with Crippen LogP contribution in [0.4, 0.5) is 0 Å². The molecule has 2 heterocycles. The van der Waals surface area contributed by atoms with Gasteiger partial charge in [0.1, 0.15) is 5.82 Å². The largest absolute Gasteiger partial charge is 0.312 e. The Bertz CT molecular complexity index is 605. The Morgan fingerprint density at radius 3 is 2.76 bits per heavy atom. The molecule has 0 atom stereocenters. The van der Waals surface area contributed by atoms with Gasteiger partial charge in [0, 0.05) is 35.7 Å². The molecule has 21 heavy (non-hydrogen) atoms. The molecule has 1 aliphatic rings. The molecule has 0 radical (unpaired) electrons. The van der Waals surface area contributed by atoms with Crippen LogP contribution in [0.3, 0.4) is 0 Å². The van der Waals surface area contributed by atoms with E-state index in [1.807, 2.05) is 11.8 Å². The number of nitrogens with zero attached hydrogens (tertiary/aromatic N) is 2. The average molecular weight is 299 g/mol. The third-order valence-electron chi connectivity index (χ3n) is 3.79. The lowest BCUT2D eigenvalue weighted by molar-refractivity contribution is 0.613. The minimum absolute atomic E-state index is 0.844. The summed E-state index contributed by atoms with van der Waals surface area (Å²) in [4.78, 5) is 10.8. The highest BCUT2D eigenvalue weighted by Gasteiger charge is 2.16. The van der Waals surface area contributed by atoms with Gasteiger partial charge in [0.15, 0.2) is 0 Å². The van der Waals surface area contributed by atoms with E-state index >= 15 is 0 Å². The van der Waals surface area contributed by atoms with E-state index in [-0.39, 0.29) is 0 Å². The summed E-state index contributed by atoms with van der Waals surface area (Å²) in [5.74, 6) is 1.81.